The van der Waals surface area contributed by atoms with Crippen molar-refractivity contribution in [3.05, 3.63) is 53.3 Å². The Hall–Kier alpha value is -1.57. The van der Waals surface area contributed by atoms with Gasteiger partial charge >= 0.3 is 0 Å². The minimum atomic E-state index is -3.71. The highest BCUT2D eigenvalue weighted by Gasteiger charge is 2.18. The van der Waals surface area contributed by atoms with E-state index in [2.05, 4.69) is 14.7 Å². The SMILES string of the molecule is CC(Cc1ccc(F)cc1)NS(=O)(=O)c1cnc(Cl)nc1. The summed E-state index contributed by atoms with van der Waals surface area (Å²) in [5.74, 6) is -0.328. The van der Waals surface area contributed by atoms with E-state index in [0.29, 0.717) is 6.42 Å². The summed E-state index contributed by atoms with van der Waals surface area (Å²) in [5.41, 5.74) is 0.832. The average molecular weight is 330 g/mol. The van der Waals surface area contributed by atoms with Crippen molar-refractivity contribution in [2.24, 2.45) is 0 Å². The van der Waals surface area contributed by atoms with E-state index in [-0.39, 0.29) is 22.0 Å². The summed E-state index contributed by atoms with van der Waals surface area (Å²) in [5, 5.41) is -0.0201. The molecule has 0 radical (unpaired) electrons. The van der Waals surface area contributed by atoms with Crippen LogP contribution in [-0.2, 0) is 16.4 Å². The van der Waals surface area contributed by atoms with Crippen molar-refractivity contribution >= 4 is 21.6 Å². The Morgan fingerprint density at radius 3 is 2.38 bits per heavy atom. The van der Waals surface area contributed by atoms with Gasteiger partial charge in [-0.25, -0.2) is 27.5 Å². The molecule has 0 aliphatic rings. The molecule has 0 saturated carbocycles. The number of nitrogens with one attached hydrogen (secondary N) is 1. The summed E-state index contributed by atoms with van der Waals surface area (Å²) in [6.07, 6.45) is 2.72. The van der Waals surface area contributed by atoms with E-state index in [0.717, 1.165) is 18.0 Å². The highest BCUT2D eigenvalue weighted by Crippen LogP contribution is 2.11. The molecule has 0 aliphatic carbocycles. The number of rotatable bonds is 5. The van der Waals surface area contributed by atoms with Crippen LogP contribution in [0.25, 0.3) is 0 Å². The minimum Gasteiger partial charge on any atom is -0.225 e. The van der Waals surface area contributed by atoms with Crippen molar-refractivity contribution < 1.29 is 12.8 Å². The number of aromatic nitrogens is 2. The van der Waals surface area contributed by atoms with E-state index < -0.39 is 10.0 Å². The smallest absolute Gasteiger partial charge is 0.225 e. The van der Waals surface area contributed by atoms with Gasteiger partial charge in [-0.05, 0) is 42.6 Å². The summed E-state index contributed by atoms with van der Waals surface area (Å²) < 4.78 is 39.5. The predicted octanol–water partition coefficient (Wildman–Crippen LogP) is 2.18. The van der Waals surface area contributed by atoms with Gasteiger partial charge < -0.3 is 0 Å². The summed E-state index contributed by atoms with van der Waals surface area (Å²) in [6.45, 7) is 1.72. The van der Waals surface area contributed by atoms with Gasteiger partial charge in [-0.15, -0.1) is 0 Å². The van der Waals surface area contributed by atoms with Crippen molar-refractivity contribution in [1.82, 2.24) is 14.7 Å². The van der Waals surface area contributed by atoms with Crippen LogP contribution in [0, 0.1) is 5.82 Å². The van der Waals surface area contributed by atoms with Crippen molar-refractivity contribution in [3.63, 3.8) is 0 Å². The topological polar surface area (TPSA) is 72.0 Å². The Labute approximate surface area is 127 Å². The van der Waals surface area contributed by atoms with Gasteiger partial charge in [-0.3, -0.25) is 0 Å². The molecule has 21 heavy (non-hydrogen) atoms. The van der Waals surface area contributed by atoms with E-state index in [1.54, 1.807) is 19.1 Å². The molecule has 1 heterocycles. The lowest BCUT2D eigenvalue weighted by Crippen LogP contribution is -2.34. The van der Waals surface area contributed by atoms with Gasteiger partial charge in [0, 0.05) is 6.04 Å². The first-order valence-corrected chi connectivity index (χ1v) is 7.97. The van der Waals surface area contributed by atoms with Crippen LogP contribution in [-0.4, -0.2) is 24.4 Å². The molecule has 0 fully saturated rings. The van der Waals surface area contributed by atoms with Crippen molar-refractivity contribution in [2.75, 3.05) is 0 Å². The molecule has 2 rings (SSSR count). The Kier molecular flexibility index (Phi) is 4.87. The third-order valence-corrected chi connectivity index (χ3v) is 4.46. The molecule has 112 valence electrons. The van der Waals surface area contributed by atoms with Gasteiger partial charge in [0.15, 0.2) is 0 Å². The molecule has 5 nitrogen and oxygen atoms in total. The molecular weight excluding hydrogens is 317 g/mol. The van der Waals surface area contributed by atoms with Crippen molar-refractivity contribution in [3.8, 4) is 0 Å². The largest absolute Gasteiger partial charge is 0.243 e. The lowest BCUT2D eigenvalue weighted by molar-refractivity contribution is 0.558. The lowest BCUT2D eigenvalue weighted by Gasteiger charge is -2.14. The molecule has 2 aromatic rings. The molecule has 1 unspecified atom stereocenters. The predicted molar refractivity (Wildman–Crippen MR) is 76.9 cm³/mol. The molecule has 0 saturated heterocycles. The van der Waals surface area contributed by atoms with Crippen LogP contribution in [0.5, 0.6) is 0 Å². The highest BCUT2D eigenvalue weighted by molar-refractivity contribution is 7.89. The molecule has 1 aromatic carbocycles. The quantitative estimate of drug-likeness (QED) is 0.853. The van der Waals surface area contributed by atoms with Gasteiger partial charge in [0.05, 0.1) is 12.4 Å². The second-order valence-corrected chi connectivity index (χ2v) is 6.59. The normalized spacial score (nSPS) is 13.1. The fourth-order valence-corrected chi connectivity index (χ4v) is 3.02. The number of hydrogen-bond acceptors (Lipinski definition) is 4. The van der Waals surface area contributed by atoms with Gasteiger partial charge in [-0.1, -0.05) is 12.1 Å². The molecular formula is C13H13ClFN3O2S. The van der Waals surface area contributed by atoms with E-state index in [9.17, 15) is 12.8 Å². The highest BCUT2D eigenvalue weighted by atomic mass is 35.5. The Morgan fingerprint density at radius 2 is 1.81 bits per heavy atom. The molecule has 0 aliphatic heterocycles. The van der Waals surface area contributed by atoms with Gasteiger partial charge in [0.2, 0.25) is 15.3 Å². The van der Waals surface area contributed by atoms with E-state index >= 15 is 0 Å². The van der Waals surface area contributed by atoms with E-state index in [4.69, 9.17) is 11.6 Å². The monoisotopic (exact) mass is 329 g/mol. The fourth-order valence-electron chi connectivity index (χ4n) is 1.79. The molecule has 0 spiro atoms. The van der Waals surface area contributed by atoms with Crippen LogP contribution in [0.2, 0.25) is 5.28 Å². The number of benzene rings is 1. The first-order chi connectivity index (χ1) is 9.87. The Balaban J connectivity index is 2.05. The average Bonchev–Trinajstić information content (AvgIpc) is 2.41. The number of halogens is 2. The Bertz CT molecular complexity index is 705. The number of sulfonamides is 1. The van der Waals surface area contributed by atoms with Gasteiger partial charge in [0.25, 0.3) is 0 Å². The third-order valence-electron chi connectivity index (χ3n) is 2.72. The minimum absolute atomic E-state index is 0.0201. The molecule has 1 N–H and O–H groups in total. The zero-order chi connectivity index (χ0) is 15.5. The van der Waals surface area contributed by atoms with Crippen LogP contribution in [0.15, 0.2) is 41.6 Å². The summed E-state index contributed by atoms with van der Waals surface area (Å²) in [6, 6.07) is 5.54. The zero-order valence-electron chi connectivity index (χ0n) is 11.1. The van der Waals surface area contributed by atoms with Crippen LogP contribution >= 0.6 is 11.6 Å². The second kappa shape index (κ2) is 6.46. The lowest BCUT2D eigenvalue weighted by atomic mass is 10.1. The number of hydrogen-bond donors (Lipinski definition) is 1. The Morgan fingerprint density at radius 1 is 1.24 bits per heavy atom. The van der Waals surface area contributed by atoms with E-state index in [1.807, 2.05) is 0 Å². The van der Waals surface area contributed by atoms with Crippen LogP contribution in [0.4, 0.5) is 4.39 Å². The standard InChI is InChI=1S/C13H13ClFN3O2S/c1-9(6-10-2-4-11(15)5-3-10)18-21(19,20)12-7-16-13(14)17-8-12/h2-5,7-9,18H,6H2,1H3. The summed E-state index contributed by atoms with van der Waals surface area (Å²) in [7, 11) is -3.71. The first-order valence-electron chi connectivity index (χ1n) is 6.11. The maximum atomic E-state index is 12.8. The summed E-state index contributed by atoms with van der Waals surface area (Å²) >= 11 is 5.52. The van der Waals surface area contributed by atoms with Gasteiger partial charge in [0.1, 0.15) is 10.7 Å². The molecule has 1 atom stereocenters. The van der Waals surface area contributed by atoms with Crippen molar-refractivity contribution in [2.45, 2.75) is 24.3 Å². The number of nitrogens with zero attached hydrogens (tertiary/aromatic N) is 2. The molecule has 0 amide bonds. The first kappa shape index (κ1) is 15.8. The maximum absolute atomic E-state index is 12.8. The second-order valence-electron chi connectivity index (χ2n) is 4.54. The molecule has 0 bridgehead atoms. The summed E-state index contributed by atoms with van der Waals surface area (Å²) in [4.78, 5) is 7.22. The van der Waals surface area contributed by atoms with Crippen LogP contribution in [0.1, 0.15) is 12.5 Å². The fraction of sp³-hybridized carbons (Fsp3) is 0.231. The van der Waals surface area contributed by atoms with Crippen LogP contribution < -0.4 is 4.72 Å². The van der Waals surface area contributed by atoms with Crippen LogP contribution in [0.3, 0.4) is 0 Å². The molecule has 8 heteroatoms. The van der Waals surface area contributed by atoms with Gasteiger partial charge in [-0.2, -0.15) is 0 Å². The zero-order valence-corrected chi connectivity index (χ0v) is 12.7. The van der Waals surface area contributed by atoms with E-state index in [1.165, 1.54) is 12.1 Å². The molecule has 1 aromatic heterocycles. The van der Waals surface area contributed by atoms with Crippen molar-refractivity contribution in [1.29, 1.82) is 0 Å². The maximum Gasteiger partial charge on any atom is 0.243 e. The third kappa shape index (κ3) is 4.45.